The average molecular weight is 479 g/mol. The average Bonchev–Trinajstić information content (AvgIpc) is 2.99. The van der Waals surface area contributed by atoms with Gasteiger partial charge in [0.05, 0.1) is 5.01 Å². The molecule has 1 aromatic heterocycles. The van der Waals surface area contributed by atoms with E-state index >= 15 is 0 Å². The molecule has 0 aromatic carbocycles. The van der Waals surface area contributed by atoms with Crippen molar-refractivity contribution in [1.82, 2.24) is 20.5 Å². The van der Waals surface area contributed by atoms with Crippen LogP contribution in [0, 0.1) is 12.8 Å². The molecule has 1 saturated heterocycles. The quantitative estimate of drug-likeness (QED) is 0.342. The lowest BCUT2D eigenvalue weighted by Gasteiger charge is -2.28. The van der Waals surface area contributed by atoms with Crippen LogP contribution >= 0.6 is 35.3 Å². The third-order valence-corrected chi connectivity index (χ3v) is 5.20. The summed E-state index contributed by atoms with van der Waals surface area (Å²) in [5.74, 6) is 1.52. The molecular formula is C18H34IN5S. The summed E-state index contributed by atoms with van der Waals surface area (Å²) >= 11 is 1.77. The number of thiazole rings is 1. The first-order valence-corrected chi connectivity index (χ1v) is 10.1. The molecule has 1 aliphatic heterocycles. The third kappa shape index (κ3) is 9.19. The monoisotopic (exact) mass is 479 g/mol. The zero-order valence-electron chi connectivity index (χ0n) is 15.9. The zero-order valence-corrected chi connectivity index (χ0v) is 19.0. The Hall–Kier alpha value is -0.410. The van der Waals surface area contributed by atoms with Crippen molar-refractivity contribution >= 4 is 41.3 Å². The molecule has 0 spiro atoms. The molecule has 0 amide bonds. The van der Waals surface area contributed by atoms with Crippen LogP contribution in [0.15, 0.2) is 11.2 Å². The van der Waals surface area contributed by atoms with Crippen LogP contribution < -0.4 is 10.6 Å². The Kier molecular flexibility index (Phi) is 11.6. The minimum Gasteiger partial charge on any atom is -0.357 e. The van der Waals surface area contributed by atoms with Crippen LogP contribution in [0.25, 0.3) is 0 Å². The minimum absolute atomic E-state index is 0. The summed E-state index contributed by atoms with van der Waals surface area (Å²) in [4.78, 5) is 13.0. The molecule has 2 rings (SSSR count). The molecule has 2 N–H and O–H groups in total. The van der Waals surface area contributed by atoms with Crippen LogP contribution in [0.4, 0.5) is 0 Å². The first kappa shape index (κ1) is 22.6. The van der Waals surface area contributed by atoms with Gasteiger partial charge in [-0.15, -0.1) is 35.3 Å². The number of nitrogens with zero attached hydrogens (tertiary/aromatic N) is 3. The Morgan fingerprint density at radius 3 is 2.72 bits per heavy atom. The molecule has 0 bridgehead atoms. The van der Waals surface area contributed by atoms with Gasteiger partial charge >= 0.3 is 0 Å². The number of hydrogen-bond acceptors (Lipinski definition) is 4. The van der Waals surface area contributed by atoms with E-state index in [1.807, 2.05) is 6.20 Å². The van der Waals surface area contributed by atoms with Crippen molar-refractivity contribution in [2.45, 2.75) is 46.5 Å². The molecule has 1 fully saturated rings. The van der Waals surface area contributed by atoms with Gasteiger partial charge in [0.1, 0.15) is 0 Å². The zero-order chi connectivity index (χ0) is 17.2. The van der Waals surface area contributed by atoms with Crippen molar-refractivity contribution in [3.8, 4) is 0 Å². The second kappa shape index (κ2) is 12.9. The van der Waals surface area contributed by atoms with Crippen LogP contribution in [0.1, 0.15) is 43.0 Å². The topological polar surface area (TPSA) is 52.6 Å². The van der Waals surface area contributed by atoms with E-state index in [-0.39, 0.29) is 24.0 Å². The van der Waals surface area contributed by atoms with Gasteiger partial charge in [-0.1, -0.05) is 13.3 Å². The SMILES string of the molecule is CCNC(=NCC(C)CN1CCCCC1)NCCc1ncc(C)s1.I. The Labute approximate surface area is 174 Å². The number of hydrogen-bond donors (Lipinski definition) is 2. The van der Waals surface area contributed by atoms with E-state index in [2.05, 4.69) is 41.3 Å². The molecule has 1 atom stereocenters. The predicted octanol–water partition coefficient (Wildman–Crippen LogP) is 3.29. The van der Waals surface area contributed by atoms with Crippen LogP contribution in [0.2, 0.25) is 0 Å². The maximum absolute atomic E-state index is 4.77. The molecule has 1 unspecified atom stereocenters. The molecule has 1 aromatic rings. The molecule has 0 saturated carbocycles. The van der Waals surface area contributed by atoms with E-state index in [0.29, 0.717) is 5.92 Å². The fraction of sp³-hybridized carbons (Fsp3) is 0.778. The van der Waals surface area contributed by atoms with Crippen molar-refractivity contribution in [2.24, 2.45) is 10.9 Å². The van der Waals surface area contributed by atoms with Gasteiger partial charge in [-0.05, 0) is 45.7 Å². The van der Waals surface area contributed by atoms with Crippen molar-refractivity contribution in [3.63, 3.8) is 0 Å². The first-order valence-electron chi connectivity index (χ1n) is 9.33. The van der Waals surface area contributed by atoms with Crippen molar-refractivity contribution in [1.29, 1.82) is 0 Å². The van der Waals surface area contributed by atoms with Gasteiger partial charge < -0.3 is 15.5 Å². The van der Waals surface area contributed by atoms with E-state index in [1.54, 1.807) is 11.3 Å². The number of aryl methyl sites for hydroxylation is 1. The maximum atomic E-state index is 4.77. The summed E-state index contributed by atoms with van der Waals surface area (Å²) in [7, 11) is 0. The van der Waals surface area contributed by atoms with Gasteiger partial charge in [-0.3, -0.25) is 4.99 Å². The summed E-state index contributed by atoms with van der Waals surface area (Å²) in [6.07, 6.45) is 7.01. The second-order valence-corrected chi connectivity index (χ2v) is 8.05. The van der Waals surface area contributed by atoms with Crippen molar-refractivity contribution in [3.05, 3.63) is 16.1 Å². The van der Waals surface area contributed by atoms with E-state index in [0.717, 1.165) is 32.0 Å². The molecule has 5 nitrogen and oxygen atoms in total. The molecule has 2 heterocycles. The van der Waals surface area contributed by atoms with Crippen LogP contribution in [-0.4, -0.2) is 55.1 Å². The highest BCUT2D eigenvalue weighted by atomic mass is 127. The summed E-state index contributed by atoms with van der Waals surface area (Å²) in [5, 5.41) is 7.96. The Morgan fingerprint density at radius 1 is 1.32 bits per heavy atom. The number of halogens is 1. The van der Waals surface area contributed by atoms with Crippen molar-refractivity contribution in [2.75, 3.05) is 39.3 Å². The maximum Gasteiger partial charge on any atom is 0.191 e. The number of aromatic nitrogens is 1. The smallest absolute Gasteiger partial charge is 0.191 e. The van der Waals surface area contributed by atoms with Crippen LogP contribution in [0.5, 0.6) is 0 Å². The summed E-state index contributed by atoms with van der Waals surface area (Å²) < 4.78 is 0. The van der Waals surface area contributed by atoms with Gasteiger partial charge in [0.15, 0.2) is 5.96 Å². The lowest BCUT2D eigenvalue weighted by atomic mass is 10.1. The highest BCUT2D eigenvalue weighted by molar-refractivity contribution is 14.0. The molecular weight excluding hydrogens is 445 g/mol. The molecule has 25 heavy (non-hydrogen) atoms. The number of aliphatic imine (C=N–C) groups is 1. The van der Waals surface area contributed by atoms with Gasteiger partial charge in [0, 0.05) is 43.7 Å². The minimum atomic E-state index is 0. The highest BCUT2D eigenvalue weighted by Gasteiger charge is 2.13. The molecule has 7 heteroatoms. The fourth-order valence-electron chi connectivity index (χ4n) is 3.03. The summed E-state index contributed by atoms with van der Waals surface area (Å²) in [6, 6.07) is 0. The van der Waals surface area contributed by atoms with Crippen molar-refractivity contribution < 1.29 is 0 Å². The van der Waals surface area contributed by atoms with E-state index in [1.165, 1.54) is 48.8 Å². The molecule has 0 aliphatic carbocycles. The standard InChI is InChI=1S/C18H33N5S.HI/c1-4-19-18(20-9-8-17-21-13-16(3)24-17)22-12-15(2)14-23-10-6-5-7-11-23;/h13,15H,4-12,14H2,1-3H3,(H2,19,20,22);1H. The van der Waals surface area contributed by atoms with E-state index < -0.39 is 0 Å². The van der Waals surface area contributed by atoms with Gasteiger partial charge in [0.2, 0.25) is 0 Å². The summed E-state index contributed by atoms with van der Waals surface area (Å²) in [6.45, 7) is 12.9. The number of rotatable bonds is 8. The number of piperidine rings is 1. The van der Waals surface area contributed by atoms with Gasteiger partial charge in [-0.25, -0.2) is 4.98 Å². The molecule has 0 radical (unpaired) electrons. The predicted molar refractivity (Wildman–Crippen MR) is 119 cm³/mol. The Balaban J connectivity index is 0.00000312. The lowest BCUT2D eigenvalue weighted by molar-refractivity contribution is 0.203. The van der Waals surface area contributed by atoms with E-state index in [4.69, 9.17) is 4.99 Å². The van der Waals surface area contributed by atoms with Crippen LogP contribution in [-0.2, 0) is 6.42 Å². The van der Waals surface area contributed by atoms with Gasteiger partial charge in [0.25, 0.3) is 0 Å². The second-order valence-electron chi connectivity index (χ2n) is 6.73. The largest absolute Gasteiger partial charge is 0.357 e. The first-order chi connectivity index (χ1) is 11.7. The number of guanidine groups is 1. The molecule has 144 valence electrons. The normalized spacial score (nSPS) is 17.0. The highest BCUT2D eigenvalue weighted by Crippen LogP contribution is 2.12. The third-order valence-electron chi connectivity index (χ3n) is 4.22. The summed E-state index contributed by atoms with van der Waals surface area (Å²) in [5.41, 5.74) is 0. The Morgan fingerprint density at radius 2 is 2.08 bits per heavy atom. The Bertz CT molecular complexity index is 499. The van der Waals surface area contributed by atoms with Gasteiger partial charge in [-0.2, -0.15) is 0 Å². The molecule has 1 aliphatic rings. The lowest BCUT2D eigenvalue weighted by Crippen LogP contribution is -2.39. The fourth-order valence-corrected chi connectivity index (χ4v) is 3.82. The number of nitrogens with one attached hydrogen (secondary N) is 2. The van der Waals surface area contributed by atoms with Crippen LogP contribution in [0.3, 0.4) is 0 Å². The number of likely N-dealkylation sites (tertiary alicyclic amines) is 1. The van der Waals surface area contributed by atoms with E-state index in [9.17, 15) is 0 Å².